The SMILES string of the molecule is CCn1ncc(NC(=O)C(C)n2nc(C)c([N+](=O)[O-])c2C)c1C(=O)N(C)C. The number of carbonyl (C=O) groups is 2. The molecule has 0 aliphatic carbocycles. The minimum Gasteiger partial charge on any atom is -0.343 e. The van der Waals surface area contributed by atoms with E-state index in [0.717, 1.165) is 0 Å². The lowest BCUT2D eigenvalue weighted by atomic mass is 10.2. The lowest BCUT2D eigenvalue weighted by molar-refractivity contribution is -0.386. The molecule has 0 aromatic carbocycles. The number of aryl methyl sites for hydroxylation is 2. The zero-order valence-corrected chi connectivity index (χ0v) is 16.2. The predicted octanol–water partition coefficient (Wildman–Crippen LogP) is 1.53. The molecular weight excluding hydrogens is 354 g/mol. The van der Waals surface area contributed by atoms with Gasteiger partial charge < -0.3 is 10.2 Å². The van der Waals surface area contributed by atoms with Crippen LogP contribution in [0.5, 0.6) is 0 Å². The number of nitrogens with zero attached hydrogens (tertiary/aromatic N) is 6. The Hall–Kier alpha value is -3.24. The Morgan fingerprint density at radius 2 is 2.00 bits per heavy atom. The topological polar surface area (TPSA) is 128 Å². The summed E-state index contributed by atoms with van der Waals surface area (Å²) in [5.74, 6) is -0.752. The van der Waals surface area contributed by atoms with E-state index >= 15 is 0 Å². The van der Waals surface area contributed by atoms with Crippen molar-refractivity contribution in [3.05, 3.63) is 33.4 Å². The molecule has 11 nitrogen and oxygen atoms in total. The summed E-state index contributed by atoms with van der Waals surface area (Å²) in [6, 6.07) is -0.815. The van der Waals surface area contributed by atoms with Gasteiger partial charge in [0, 0.05) is 20.6 Å². The van der Waals surface area contributed by atoms with Crippen LogP contribution in [0.4, 0.5) is 11.4 Å². The van der Waals surface area contributed by atoms with Gasteiger partial charge in [0.1, 0.15) is 23.1 Å². The van der Waals surface area contributed by atoms with Crippen LogP contribution in [0, 0.1) is 24.0 Å². The number of carbonyl (C=O) groups excluding carboxylic acids is 2. The fourth-order valence-electron chi connectivity index (χ4n) is 2.80. The molecule has 0 aliphatic rings. The molecule has 1 unspecified atom stereocenters. The normalized spacial score (nSPS) is 11.9. The number of nitro groups is 1. The van der Waals surface area contributed by atoms with E-state index in [9.17, 15) is 19.7 Å². The quantitative estimate of drug-likeness (QED) is 0.600. The van der Waals surface area contributed by atoms with E-state index in [0.29, 0.717) is 6.54 Å². The predicted molar refractivity (Wildman–Crippen MR) is 97.6 cm³/mol. The smallest absolute Gasteiger partial charge is 0.312 e. The molecule has 146 valence electrons. The molecule has 1 N–H and O–H groups in total. The molecule has 0 saturated carbocycles. The van der Waals surface area contributed by atoms with Gasteiger partial charge in [-0.05, 0) is 27.7 Å². The summed E-state index contributed by atoms with van der Waals surface area (Å²) < 4.78 is 2.80. The molecule has 2 heterocycles. The van der Waals surface area contributed by atoms with Crippen LogP contribution >= 0.6 is 0 Å². The molecule has 0 saturated heterocycles. The highest BCUT2D eigenvalue weighted by Crippen LogP contribution is 2.25. The highest BCUT2D eigenvalue weighted by Gasteiger charge is 2.28. The van der Waals surface area contributed by atoms with E-state index in [1.807, 2.05) is 6.92 Å². The van der Waals surface area contributed by atoms with Gasteiger partial charge in [-0.2, -0.15) is 10.2 Å². The molecule has 2 amide bonds. The fourth-order valence-corrected chi connectivity index (χ4v) is 2.80. The van der Waals surface area contributed by atoms with Crippen molar-refractivity contribution in [1.82, 2.24) is 24.5 Å². The number of hydrogen-bond donors (Lipinski definition) is 1. The second kappa shape index (κ2) is 7.56. The minimum absolute atomic E-state index is 0.114. The van der Waals surface area contributed by atoms with Crippen molar-refractivity contribution in [2.24, 2.45) is 0 Å². The Morgan fingerprint density at radius 1 is 1.37 bits per heavy atom. The maximum absolute atomic E-state index is 12.7. The zero-order valence-electron chi connectivity index (χ0n) is 16.2. The third kappa shape index (κ3) is 3.66. The zero-order chi connectivity index (χ0) is 20.5. The van der Waals surface area contributed by atoms with E-state index in [1.165, 1.54) is 34.3 Å². The van der Waals surface area contributed by atoms with Gasteiger partial charge in [0.05, 0.1) is 16.8 Å². The Kier molecular flexibility index (Phi) is 5.62. The van der Waals surface area contributed by atoms with E-state index in [4.69, 9.17) is 0 Å². The molecule has 0 bridgehead atoms. The van der Waals surface area contributed by atoms with Crippen molar-refractivity contribution >= 4 is 23.2 Å². The van der Waals surface area contributed by atoms with E-state index in [1.54, 1.807) is 21.0 Å². The van der Waals surface area contributed by atoms with Gasteiger partial charge in [-0.1, -0.05) is 0 Å². The molecule has 2 aromatic heterocycles. The molecular formula is C16H23N7O4. The van der Waals surface area contributed by atoms with Crippen LogP contribution < -0.4 is 5.32 Å². The lowest BCUT2D eigenvalue weighted by Gasteiger charge is -2.16. The van der Waals surface area contributed by atoms with Crippen molar-refractivity contribution in [3.63, 3.8) is 0 Å². The summed E-state index contributed by atoms with van der Waals surface area (Å²) in [4.78, 5) is 37.2. The van der Waals surface area contributed by atoms with Crippen molar-refractivity contribution in [1.29, 1.82) is 0 Å². The molecule has 11 heteroatoms. The third-order valence-electron chi connectivity index (χ3n) is 4.22. The molecule has 27 heavy (non-hydrogen) atoms. The molecule has 2 aromatic rings. The second-order valence-electron chi connectivity index (χ2n) is 6.31. The first-order valence-electron chi connectivity index (χ1n) is 8.38. The molecule has 0 spiro atoms. The Bertz CT molecular complexity index is 897. The van der Waals surface area contributed by atoms with Gasteiger partial charge in [0.2, 0.25) is 5.91 Å². The highest BCUT2D eigenvalue weighted by molar-refractivity contribution is 6.03. The van der Waals surface area contributed by atoms with Crippen LogP contribution in [0.15, 0.2) is 6.20 Å². The van der Waals surface area contributed by atoms with Gasteiger partial charge in [0.25, 0.3) is 5.91 Å². The van der Waals surface area contributed by atoms with Gasteiger partial charge in [-0.15, -0.1) is 0 Å². The van der Waals surface area contributed by atoms with Crippen LogP contribution in [0.25, 0.3) is 0 Å². The highest BCUT2D eigenvalue weighted by atomic mass is 16.6. The largest absolute Gasteiger partial charge is 0.343 e. The number of hydrogen-bond acceptors (Lipinski definition) is 6. The van der Waals surface area contributed by atoms with E-state index in [-0.39, 0.29) is 34.4 Å². The summed E-state index contributed by atoms with van der Waals surface area (Å²) in [5, 5.41) is 22.1. The fraction of sp³-hybridized carbons (Fsp3) is 0.500. The number of nitrogens with one attached hydrogen (secondary N) is 1. The molecule has 2 rings (SSSR count). The Balaban J connectivity index is 2.33. The Morgan fingerprint density at radius 3 is 2.48 bits per heavy atom. The van der Waals surface area contributed by atoms with Gasteiger partial charge in [-0.25, -0.2) is 0 Å². The first-order valence-corrected chi connectivity index (χ1v) is 8.38. The summed E-state index contributed by atoms with van der Waals surface area (Å²) in [6.45, 7) is 6.94. The first kappa shape index (κ1) is 20.1. The van der Waals surface area contributed by atoms with Crippen LogP contribution in [0.1, 0.15) is 41.8 Å². The molecule has 0 aliphatic heterocycles. The average molecular weight is 377 g/mol. The van der Waals surface area contributed by atoms with Gasteiger partial charge >= 0.3 is 5.69 Å². The number of anilines is 1. The maximum Gasteiger partial charge on any atom is 0.312 e. The van der Waals surface area contributed by atoms with E-state index < -0.39 is 16.9 Å². The second-order valence-corrected chi connectivity index (χ2v) is 6.31. The van der Waals surface area contributed by atoms with Crippen LogP contribution in [-0.4, -0.2) is 55.3 Å². The minimum atomic E-state index is -0.815. The van der Waals surface area contributed by atoms with Crippen LogP contribution in [0.2, 0.25) is 0 Å². The Labute approximate surface area is 156 Å². The standard InChI is InChI=1S/C16H23N7O4/c1-7-21-14(16(25)20(5)6)12(8-17-21)18-15(24)11(4)22-10(3)13(23(26)27)9(2)19-22/h8,11H,7H2,1-6H3,(H,18,24). The molecule has 0 radical (unpaired) electrons. The number of rotatable bonds is 6. The van der Waals surface area contributed by atoms with Crippen LogP contribution in [-0.2, 0) is 11.3 Å². The summed E-state index contributed by atoms with van der Waals surface area (Å²) >= 11 is 0. The van der Waals surface area contributed by atoms with Crippen molar-refractivity contribution in [3.8, 4) is 0 Å². The van der Waals surface area contributed by atoms with Gasteiger partial charge in [-0.3, -0.25) is 29.1 Å². The van der Waals surface area contributed by atoms with Crippen molar-refractivity contribution in [2.75, 3.05) is 19.4 Å². The maximum atomic E-state index is 12.7. The summed E-state index contributed by atoms with van der Waals surface area (Å²) in [6.07, 6.45) is 1.41. The average Bonchev–Trinajstić information content (AvgIpc) is 3.13. The van der Waals surface area contributed by atoms with Crippen molar-refractivity contribution in [2.45, 2.75) is 40.3 Å². The monoisotopic (exact) mass is 377 g/mol. The summed E-state index contributed by atoms with van der Waals surface area (Å²) in [7, 11) is 3.22. The number of amides is 2. The summed E-state index contributed by atoms with van der Waals surface area (Å²) in [5.41, 5.74) is 0.955. The lowest BCUT2D eigenvalue weighted by Crippen LogP contribution is -2.29. The molecule has 1 atom stereocenters. The van der Waals surface area contributed by atoms with Crippen LogP contribution in [0.3, 0.4) is 0 Å². The van der Waals surface area contributed by atoms with Gasteiger partial charge in [0.15, 0.2) is 0 Å². The van der Waals surface area contributed by atoms with E-state index in [2.05, 4.69) is 15.5 Å². The first-order chi connectivity index (χ1) is 12.6. The number of aromatic nitrogens is 4. The molecule has 0 fully saturated rings. The van der Waals surface area contributed by atoms with Crippen molar-refractivity contribution < 1.29 is 14.5 Å². The third-order valence-corrected chi connectivity index (χ3v) is 4.22.